The highest BCUT2D eigenvalue weighted by Gasteiger charge is 2.39. The first-order valence-electron chi connectivity index (χ1n) is 7.33. The molecule has 1 aromatic rings. The zero-order chi connectivity index (χ0) is 17.4. The van der Waals surface area contributed by atoms with Crippen LogP contribution < -0.4 is 16.2 Å². The number of nitrogens with two attached hydrogens (primary N) is 2. The van der Waals surface area contributed by atoms with Crippen LogP contribution in [0.25, 0.3) is 0 Å². The summed E-state index contributed by atoms with van der Waals surface area (Å²) in [5.74, 6) is -0.489. The van der Waals surface area contributed by atoms with E-state index in [1.165, 1.54) is 29.6 Å². The molecule has 24 heavy (non-hydrogen) atoms. The summed E-state index contributed by atoms with van der Waals surface area (Å²) in [6.45, 7) is 4.57. The van der Waals surface area contributed by atoms with Gasteiger partial charge in [-0.3, -0.25) is 4.79 Å². The lowest BCUT2D eigenvalue weighted by atomic mass is 9.81. The third-order valence-corrected chi connectivity index (χ3v) is 6.19. The monoisotopic (exact) mass is 377 g/mol. The fourth-order valence-corrected chi connectivity index (χ4v) is 4.37. The second kappa shape index (κ2) is 7.26. The van der Waals surface area contributed by atoms with Gasteiger partial charge in [-0.15, -0.1) is 12.4 Å². The maximum Gasteiger partial charge on any atom is 0.252 e. The Morgan fingerprint density at radius 2 is 2.00 bits per heavy atom. The highest BCUT2D eigenvalue weighted by atomic mass is 35.5. The summed E-state index contributed by atoms with van der Waals surface area (Å²) in [5, 5.41) is 0. The number of hydrogen-bond donors (Lipinski definition) is 2. The molecule has 0 bridgehead atoms. The minimum atomic E-state index is -3.72. The molecule has 0 aliphatic carbocycles. The average molecular weight is 378 g/mol. The van der Waals surface area contributed by atoms with Crippen molar-refractivity contribution < 1.29 is 17.9 Å². The molecule has 0 aromatic heterocycles. The first-order valence-corrected chi connectivity index (χ1v) is 8.77. The van der Waals surface area contributed by atoms with E-state index in [2.05, 4.69) is 0 Å². The van der Waals surface area contributed by atoms with Gasteiger partial charge in [-0.05, 0) is 30.0 Å². The molecule has 4 N–H and O–H groups in total. The zero-order valence-electron chi connectivity index (χ0n) is 14.0. The maximum atomic E-state index is 12.8. The molecular weight excluding hydrogens is 354 g/mol. The predicted octanol–water partition coefficient (Wildman–Crippen LogP) is 0.964. The predicted molar refractivity (Wildman–Crippen MR) is 93.9 cm³/mol. The Hall–Kier alpha value is -1.35. The summed E-state index contributed by atoms with van der Waals surface area (Å²) < 4.78 is 32.1. The molecule has 0 saturated carbocycles. The molecular formula is C15H24ClN3O4S. The molecule has 1 atom stereocenters. The van der Waals surface area contributed by atoms with E-state index in [1.54, 1.807) is 0 Å². The summed E-state index contributed by atoms with van der Waals surface area (Å²) in [5.41, 5.74) is 11.1. The lowest BCUT2D eigenvalue weighted by Gasteiger charge is -2.41. The van der Waals surface area contributed by atoms with E-state index >= 15 is 0 Å². The molecule has 0 spiro atoms. The van der Waals surface area contributed by atoms with Crippen LogP contribution in [0.3, 0.4) is 0 Å². The number of benzene rings is 1. The third kappa shape index (κ3) is 3.83. The van der Waals surface area contributed by atoms with Gasteiger partial charge in [-0.25, -0.2) is 8.42 Å². The number of primary amides is 1. The van der Waals surface area contributed by atoms with Gasteiger partial charge in [0.1, 0.15) is 5.75 Å². The number of carbonyl (C=O) groups is 1. The van der Waals surface area contributed by atoms with Crippen LogP contribution in [-0.4, -0.2) is 44.9 Å². The average Bonchev–Trinajstić information content (AvgIpc) is 2.48. The highest BCUT2D eigenvalue weighted by Crippen LogP contribution is 2.32. The Kier molecular flexibility index (Phi) is 6.26. The number of hydrogen-bond acceptors (Lipinski definition) is 5. The van der Waals surface area contributed by atoms with E-state index in [-0.39, 0.29) is 40.1 Å². The van der Waals surface area contributed by atoms with E-state index in [1.807, 2.05) is 13.8 Å². The molecule has 1 aromatic carbocycles. The Morgan fingerprint density at radius 3 is 2.50 bits per heavy atom. The molecule has 2 rings (SSSR count). The van der Waals surface area contributed by atoms with Gasteiger partial charge in [0.05, 0.1) is 17.6 Å². The molecule has 9 heteroatoms. The van der Waals surface area contributed by atoms with Crippen molar-refractivity contribution in [2.75, 3.05) is 20.2 Å². The van der Waals surface area contributed by atoms with Crippen molar-refractivity contribution in [2.24, 2.45) is 16.9 Å². The number of rotatable bonds is 4. The van der Waals surface area contributed by atoms with Gasteiger partial charge in [0.25, 0.3) is 5.91 Å². The third-order valence-electron chi connectivity index (χ3n) is 4.35. The number of piperidine rings is 1. The van der Waals surface area contributed by atoms with Crippen LogP contribution in [0.5, 0.6) is 5.75 Å². The van der Waals surface area contributed by atoms with E-state index in [0.29, 0.717) is 19.5 Å². The minimum Gasteiger partial charge on any atom is -0.496 e. The normalized spacial score (nSPS) is 20.9. The van der Waals surface area contributed by atoms with E-state index in [0.717, 1.165) is 0 Å². The fraction of sp³-hybridized carbons (Fsp3) is 0.533. The molecule has 1 unspecified atom stereocenters. The summed E-state index contributed by atoms with van der Waals surface area (Å²) in [7, 11) is -2.33. The maximum absolute atomic E-state index is 12.8. The standard InChI is InChI=1S/C15H23N3O4S.ClH/c1-15(2)9-18(7-6-13(15)16)23(20,21)10-4-5-12(22-3)11(8-10)14(17)19;/h4-5,8,13H,6-7,9,16H2,1-3H3,(H2,17,19);1H. The number of carbonyl (C=O) groups excluding carboxylic acids is 1. The van der Waals surface area contributed by atoms with Gasteiger partial charge in [0.2, 0.25) is 10.0 Å². The van der Waals surface area contributed by atoms with E-state index in [9.17, 15) is 13.2 Å². The summed E-state index contributed by atoms with van der Waals surface area (Å²) in [6, 6.07) is 4.07. The molecule has 0 radical (unpaired) electrons. The van der Waals surface area contributed by atoms with Gasteiger partial charge in [-0.1, -0.05) is 13.8 Å². The molecule has 7 nitrogen and oxygen atoms in total. The number of ether oxygens (including phenoxy) is 1. The van der Waals surface area contributed by atoms with Gasteiger partial charge >= 0.3 is 0 Å². The first-order chi connectivity index (χ1) is 10.6. The number of nitrogens with zero attached hydrogens (tertiary/aromatic N) is 1. The van der Waals surface area contributed by atoms with Crippen LogP contribution in [0.4, 0.5) is 0 Å². The molecule has 1 amide bonds. The Bertz CT molecular complexity index is 721. The number of sulfonamides is 1. The van der Waals surface area contributed by atoms with Crippen LogP contribution in [0, 0.1) is 5.41 Å². The molecule has 1 aliphatic heterocycles. The second-order valence-corrected chi connectivity index (χ2v) is 8.39. The van der Waals surface area contributed by atoms with Crippen LogP contribution in [0.1, 0.15) is 30.6 Å². The smallest absolute Gasteiger partial charge is 0.252 e. The number of amides is 1. The van der Waals surface area contributed by atoms with Crippen molar-refractivity contribution in [3.63, 3.8) is 0 Å². The Balaban J connectivity index is 0.00000288. The quantitative estimate of drug-likeness (QED) is 0.810. The molecule has 1 saturated heterocycles. The lowest BCUT2D eigenvalue weighted by molar-refractivity contribution is 0.0997. The molecule has 1 heterocycles. The zero-order valence-corrected chi connectivity index (χ0v) is 15.6. The summed E-state index contributed by atoms with van der Waals surface area (Å²) in [6.07, 6.45) is 0.588. The largest absolute Gasteiger partial charge is 0.496 e. The van der Waals surface area contributed by atoms with Crippen molar-refractivity contribution in [3.05, 3.63) is 23.8 Å². The molecule has 1 aliphatic rings. The van der Waals surface area contributed by atoms with Crippen LogP contribution in [0.2, 0.25) is 0 Å². The second-order valence-electron chi connectivity index (χ2n) is 6.45. The van der Waals surface area contributed by atoms with E-state index < -0.39 is 15.9 Å². The van der Waals surface area contributed by atoms with Gasteiger partial charge in [-0.2, -0.15) is 4.31 Å². The highest BCUT2D eigenvalue weighted by molar-refractivity contribution is 7.89. The van der Waals surface area contributed by atoms with Crippen molar-refractivity contribution in [2.45, 2.75) is 31.2 Å². The SMILES string of the molecule is COc1ccc(S(=O)(=O)N2CCC(N)C(C)(C)C2)cc1C(N)=O.Cl. The number of halogens is 1. The van der Waals surface area contributed by atoms with Crippen molar-refractivity contribution >= 4 is 28.3 Å². The van der Waals surface area contributed by atoms with Crippen LogP contribution >= 0.6 is 12.4 Å². The summed E-state index contributed by atoms with van der Waals surface area (Å²) >= 11 is 0. The van der Waals surface area contributed by atoms with E-state index in [4.69, 9.17) is 16.2 Å². The molecule has 136 valence electrons. The summed E-state index contributed by atoms with van der Waals surface area (Å²) in [4.78, 5) is 11.5. The minimum absolute atomic E-state index is 0. The van der Waals surface area contributed by atoms with Crippen molar-refractivity contribution in [1.82, 2.24) is 4.31 Å². The lowest BCUT2D eigenvalue weighted by Crippen LogP contribution is -2.53. The van der Waals surface area contributed by atoms with Crippen LogP contribution in [-0.2, 0) is 10.0 Å². The van der Waals surface area contributed by atoms with Crippen LogP contribution in [0.15, 0.2) is 23.1 Å². The van der Waals surface area contributed by atoms with Crippen molar-refractivity contribution in [3.8, 4) is 5.75 Å². The van der Waals surface area contributed by atoms with Crippen molar-refractivity contribution in [1.29, 1.82) is 0 Å². The Morgan fingerprint density at radius 1 is 1.38 bits per heavy atom. The molecule has 1 fully saturated rings. The van der Waals surface area contributed by atoms with Gasteiger partial charge in [0.15, 0.2) is 0 Å². The van der Waals surface area contributed by atoms with Gasteiger partial charge in [0, 0.05) is 19.1 Å². The van der Waals surface area contributed by atoms with Gasteiger partial charge < -0.3 is 16.2 Å². The number of methoxy groups -OCH3 is 1. The topological polar surface area (TPSA) is 116 Å². The Labute approximate surface area is 148 Å². The first kappa shape index (κ1) is 20.7. The fourth-order valence-electron chi connectivity index (χ4n) is 2.72.